The van der Waals surface area contributed by atoms with E-state index in [1.54, 1.807) is 23.5 Å². The minimum Gasteiger partial charge on any atom is -0.548 e. The van der Waals surface area contributed by atoms with Gasteiger partial charge in [0, 0.05) is 18.6 Å². The van der Waals surface area contributed by atoms with Gasteiger partial charge in [0.2, 0.25) is 0 Å². The molecule has 0 saturated heterocycles. The molecule has 78 valence electrons. The molecule has 1 aromatic heterocycles. The Morgan fingerprint density at radius 1 is 1.80 bits per heavy atom. The van der Waals surface area contributed by atoms with E-state index in [1.807, 2.05) is 0 Å². The van der Waals surface area contributed by atoms with Crippen LogP contribution in [0.5, 0.6) is 0 Å². The second-order valence-corrected chi connectivity index (χ2v) is 4.09. The largest absolute Gasteiger partial charge is 1.00 e. The average molecular weight is 254 g/mol. The number of nitrogens with zero attached hydrogens (tertiary/aromatic N) is 2. The zero-order chi connectivity index (χ0) is 10.6. The molecule has 0 fully saturated rings. The quantitative estimate of drug-likeness (QED) is 0.450. The van der Waals surface area contributed by atoms with Gasteiger partial charge in [-0.15, -0.1) is 11.3 Å². The molecular weight excluding hydrogens is 243 g/mol. The van der Waals surface area contributed by atoms with E-state index in [2.05, 4.69) is 17.6 Å². The summed E-state index contributed by atoms with van der Waals surface area (Å²) in [5.41, 5.74) is 0. The SMILES string of the molecule is CN(c1nccs1)[C@@H](CCS)C(=O)[O-].[Na+]. The molecule has 0 aliphatic carbocycles. The van der Waals surface area contributed by atoms with Crippen molar-refractivity contribution in [2.75, 3.05) is 17.7 Å². The van der Waals surface area contributed by atoms with Gasteiger partial charge in [0.05, 0.1) is 12.0 Å². The first kappa shape index (κ1) is 15.2. The summed E-state index contributed by atoms with van der Waals surface area (Å²) < 4.78 is 0. The van der Waals surface area contributed by atoms with Crippen LogP contribution < -0.4 is 39.6 Å². The van der Waals surface area contributed by atoms with E-state index in [4.69, 9.17) is 0 Å². The van der Waals surface area contributed by atoms with E-state index in [0.717, 1.165) is 0 Å². The van der Waals surface area contributed by atoms with Crippen LogP contribution in [-0.2, 0) is 4.79 Å². The van der Waals surface area contributed by atoms with Crippen molar-refractivity contribution >= 4 is 35.1 Å². The molecule has 15 heavy (non-hydrogen) atoms. The first-order valence-corrected chi connectivity index (χ1v) is 5.62. The van der Waals surface area contributed by atoms with Crippen molar-refractivity contribution in [3.05, 3.63) is 11.6 Å². The van der Waals surface area contributed by atoms with E-state index in [0.29, 0.717) is 17.3 Å². The summed E-state index contributed by atoms with van der Waals surface area (Å²) >= 11 is 5.41. The number of rotatable bonds is 5. The van der Waals surface area contributed by atoms with Crippen LogP contribution in [0.15, 0.2) is 11.6 Å². The minimum atomic E-state index is -1.09. The maximum atomic E-state index is 10.8. The molecule has 0 aromatic carbocycles. The number of carbonyl (C=O) groups excluding carboxylic acids is 1. The minimum absolute atomic E-state index is 0. The number of thiol groups is 1. The Balaban J connectivity index is 0.00000196. The van der Waals surface area contributed by atoms with Gasteiger partial charge in [0.25, 0.3) is 0 Å². The molecular formula is C8H11N2NaO2S2. The van der Waals surface area contributed by atoms with Gasteiger partial charge in [-0.3, -0.25) is 0 Å². The molecule has 0 saturated carbocycles. The number of thiazole rings is 1. The van der Waals surface area contributed by atoms with E-state index >= 15 is 0 Å². The standard InChI is InChI=1S/C8H12N2O2S2.Na/c1-10(8-9-3-5-14-8)6(2-4-13)7(11)12;/h3,5-6,13H,2,4H2,1H3,(H,11,12);/q;+1/p-1/t6-;/m0./s1. The molecule has 0 aliphatic rings. The number of aromatic nitrogens is 1. The number of hydrogen-bond donors (Lipinski definition) is 1. The number of aliphatic carboxylic acids is 1. The van der Waals surface area contributed by atoms with Crippen LogP contribution in [0.2, 0.25) is 0 Å². The van der Waals surface area contributed by atoms with Gasteiger partial charge in [0.15, 0.2) is 5.13 Å². The molecule has 1 aromatic rings. The molecule has 4 nitrogen and oxygen atoms in total. The molecule has 1 atom stereocenters. The molecule has 0 spiro atoms. The Hall–Kier alpha value is 0.250. The molecule has 0 bridgehead atoms. The Morgan fingerprint density at radius 2 is 2.47 bits per heavy atom. The van der Waals surface area contributed by atoms with Crippen molar-refractivity contribution in [1.29, 1.82) is 0 Å². The Morgan fingerprint density at radius 3 is 2.87 bits per heavy atom. The second-order valence-electron chi connectivity index (χ2n) is 2.77. The van der Waals surface area contributed by atoms with E-state index in [9.17, 15) is 9.90 Å². The number of carboxylic acid groups (broad SMARTS) is 1. The third kappa shape index (κ3) is 4.32. The van der Waals surface area contributed by atoms with Crippen molar-refractivity contribution in [2.45, 2.75) is 12.5 Å². The van der Waals surface area contributed by atoms with E-state index in [1.165, 1.54) is 11.3 Å². The van der Waals surface area contributed by atoms with E-state index in [-0.39, 0.29) is 29.6 Å². The third-order valence-electron chi connectivity index (χ3n) is 1.86. The van der Waals surface area contributed by atoms with Crippen molar-refractivity contribution < 1.29 is 39.5 Å². The fraction of sp³-hybridized carbons (Fsp3) is 0.500. The van der Waals surface area contributed by atoms with Crippen LogP contribution in [0, 0.1) is 0 Å². The summed E-state index contributed by atoms with van der Waals surface area (Å²) in [4.78, 5) is 16.5. The van der Waals surface area contributed by atoms with Crippen molar-refractivity contribution in [1.82, 2.24) is 4.98 Å². The van der Waals surface area contributed by atoms with Crippen molar-refractivity contribution in [3.63, 3.8) is 0 Å². The maximum absolute atomic E-state index is 10.8. The summed E-state index contributed by atoms with van der Waals surface area (Å²) in [6.45, 7) is 0. The van der Waals surface area contributed by atoms with Gasteiger partial charge < -0.3 is 14.8 Å². The van der Waals surface area contributed by atoms with Crippen LogP contribution in [0.1, 0.15) is 6.42 Å². The van der Waals surface area contributed by atoms with Crippen molar-refractivity contribution in [2.24, 2.45) is 0 Å². The normalized spacial score (nSPS) is 11.6. The molecule has 0 aliphatic heterocycles. The van der Waals surface area contributed by atoms with Crippen LogP contribution in [0.25, 0.3) is 0 Å². The third-order valence-corrected chi connectivity index (χ3v) is 2.98. The first-order chi connectivity index (χ1) is 6.66. The molecule has 0 amide bonds. The predicted molar refractivity (Wildman–Crippen MR) is 57.8 cm³/mol. The number of hydrogen-bond acceptors (Lipinski definition) is 6. The maximum Gasteiger partial charge on any atom is 1.00 e. The predicted octanol–water partition coefficient (Wildman–Crippen LogP) is -2.98. The van der Waals surface area contributed by atoms with Gasteiger partial charge in [-0.2, -0.15) is 12.6 Å². The zero-order valence-electron chi connectivity index (χ0n) is 8.71. The van der Waals surface area contributed by atoms with Gasteiger partial charge in [0.1, 0.15) is 0 Å². The molecule has 0 N–H and O–H groups in total. The number of likely N-dealkylation sites (N-methyl/N-ethyl adjacent to an activating group) is 1. The van der Waals surface area contributed by atoms with Gasteiger partial charge in [-0.25, -0.2) is 4.98 Å². The van der Waals surface area contributed by atoms with Crippen LogP contribution in [0.3, 0.4) is 0 Å². The van der Waals surface area contributed by atoms with E-state index < -0.39 is 12.0 Å². The monoisotopic (exact) mass is 254 g/mol. The fourth-order valence-electron chi connectivity index (χ4n) is 1.12. The Bertz CT molecular complexity index is 295. The molecule has 1 heterocycles. The van der Waals surface area contributed by atoms with Crippen molar-refractivity contribution in [3.8, 4) is 0 Å². The van der Waals surface area contributed by atoms with Gasteiger partial charge >= 0.3 is 29.6 Å². The van der Waals surface area contributed by atoms with Gasteiger partial charge in [-0.1, -0.05) is 0 Å². The molecule has 0 radical (unpaired) electrons. The summed E-state index contributed by atoms with van der Waals surface area (Å²) in [6, 6.07) is -0.654. The summed E-state index contributed by atoms with van der Waals surface area (Å²) in [5, 5.41) is 13.3. The molecule has 7 heteroatoms. The van der Waals surface area contributed by atoms with Gasteiger partial charge in [-0.05, 0) is 12.2 Å². The first-order valence-electron chi connectivity index (χ1n) is 4.11. The number of anilines is 1. The number of carboxylic acids is 1. The van der Waals surface area contributed by atoms with Crippen LogP contribution in [-0.4, -0.2) is 29.8 Å². The van der Waals surface area contributed by atoms with Crippen LogP contribution in [0.4, 0.5) is 5.13 Å². The molecule has 0 unspecified atom stereocenters. The number of carbonyl (C=O) groups is 1. The zero-order valence-corrected chi connectivity index (χ0v) is 12.4. The summed E-state index contributed by atoms with van der Waals surface area (Å²) in [6.07, 6.45) is 2.09. The molecule has 1 rings (SSSR count). The average Bonchev–Trinajstić information content (AvgIpc) is 2.65. The summed E-state index contributed by atoms with van der Waals surface area (Å²) in [7, 11) is 1.70. The summed E-state index contributed by atoms with van der Waals surface area (Å²) in [5.74, 6) is -0.578. The Kier molecular flexibility index (Phi) is 7.64. The Labute approximate surface area is 120 Å². The van der Waals surface area contributed by atoms with Crippen LogP contribution >= 0.6 is 24.0 Å². The smallest absolute Gasteiger partial charge is 0.548 e. The second kappa shape index (κ2) is 7.51. The fourth-order valence-corrected chi connectivity index (χ4v) is 2.02. The topological polar surface area (TPSA) is 56.3 Å².